The van der Waals surface area contributed by atoms with Crippen molar-refractivity contribution < 1.29 is 4.42 Å². The minimum Gasteiger partial charge on any atom is -0.421 e. The zero-order valence-electron chi connectivity index (χ0n) is 12.7. The van der Waals surface area contributed by atoms with Crippen LogP contribution in [0.15, 0.2) is 28.7 Å². The number of nitrogens with zero attached hydrogens (tertiary/aromatic N) is 3. The standard InChI is InChI=1S/C16H22N4O/c1-12-18-19-16(21-12)14-8-3-4-9-15(14)17-11-13-7-5-6-10-20(13)2/h3-4,8-9,13,17H,5-7,10-11H2,1-2H3. The van der Waals surface area contributed by atoms with Crippen LogP contribution in [0.3, 0.4) is 0 Å². The number of rotatable bonds is 4. The molecule has 1 aliphatic heterocycles. The minimum atomic E-state index is 0.576. The second kappa shape index (κ2) is 6.26. The van der Waals surface area contributed by atoms with E-state index in [9.17, 15) is 0 Å². The molecule has 1 aromatic carbocycles. The Morgan fingerprint density at radius 2 is 2.14 bits per heavy atom. The number of aryl methyl sites for hydroxylation is 1. The van der Waals surface area contributed by atoms with Crippen LogP contribution in [0.4, 0.5) is 5.69 Å². The number of likely N-dealkylation sites (N-methyl/N-ethyl adjacent to an activating group) is 1. The van der Waals surface area contributed by atoms with E-state index in [-0.39, 0.29) is 0 Å². The Labute approximate surface area is 125 Å². The summed E-state index contributed by atoms with van der Waals surface area (Å²) in [5, 5.41) is 11.6. The Morgan fingerprint density at radius 3 is 2.90 bits per heavy atom. The summed E-state index contributed by atoms with van der Waals surface area (Å²) < 4.78 is 5.55. The first-order valence-electron chi connectivity index (χ1n) is 7.57. The number of hydrogen-bond donors (Lipinski definition) is 1. The van der Waals surface area contributed by atoms with Crippen molar-refractivity contribution >= 4 is 5.69 Å². The van der Waals surface area contributed by atoms with Crippen LogP contribution in [0, 0.1) is 6.92 Å². The lowest BCUT2D eigenvalue weighted by atomic mass is 10.0. The highest BCUT2D eigenvalue weighted by Crippen LogP contribution is 2.27. The molecule has 0 bridgehead atoms. The van der Waals surface area contributed by atoms with Gasteiger partial charge < -0.3 is 14.6 Å². The molecule has 1 aromatic heterocycles. The number of nitrogens with one attached hydrogen (secondary N) is 1. The highest BCUT2D eigenvalue weighted by atomic mass is 16.4. The molecule has 0 radical (unpaired) electrons. The van der Waals surface area contributed by atoms with Gasteiger partial charge in [-0.05, 0) is 38.6 Å². The summed E-state index contributed by atoms with van der Waals surface area (Å²) in [5.74, 6) is 1.17. The van der Waals surface area contributed by atoms with Crippen molar-refractivity contribution in [1.29, 1.82) is 0 Å². The third-order valence-corrected chi connectivity index (χ3v) is 4.13. The lowest BCUT2D eigenvalue weighted by Gasteiger charge is -2.32. The number of piperidine rings is 1. The van der Waals surface area contributed by atoms with Gasteiger partial charge in [-0.2, -0.15) is 0 Å². The molecule has 1 N–H and O–H groups in total. The van der Waals surface area contributed by atoms with E-state index in [4.69, 9.17) is 4.42 Å². The largest absolute Gasteiger partial charge is 0.421 e. The van der Waals surface area contributed by atoms with E-state index in [1.54, 1.807) is 0 Å². The van der Waals surface area contributed by atoms with Crippen LogP contribution in [-0.2, 0) is 0 Å². The molecule has 0 aliphatic carbocycles. The molecule has 0 spiro atoms. The molecule has 2 heterocycles. The third-order valence-electron chi connectivity index (χ3n) is 4.13. The van der Waals surface area contributed by atoms with Gasteiger partial charge in [0.1, 0.15) is 0 Å². The lowest BCUT2D eigenvalue weighted by Crippen LogP contribution is -2.40. The van der Waals surface area contributed by atoms with Crippen LogP contribution in [0.2, 0.25) is 0 Å². The van der Waals surface area contributed by atoms with Crippen LogP contribution < -0.4 is 5.32 Å². The van der Waals surface area contributed by atoms with Crippen molar-refractivity contribution in [3.05, 3.63) is 30.2 Å². The molecule has 112 valence electrons. The Balaban J connectivity index is 1.73. The molecular weight excluding hydrogens is 264 g/mol. The molecule has 0 amide bonds. The van der Waals surface area contributed by atoms with Gasteiger partial charge in [-0.25, -0.2) is 0 Å². The zero-order valence-corrected chi connectivity index (χ0v) is 12.7. The monoisotopic (exact) mass is 286 g/mol. The number of hydrogen-bond acceptors (Lipinski definition) is 5. The highest BCUT2D eigenvalue weighted by molar-refractivity contribution is 5.72. The van der Waals surface area contributed by atoms with Gasteiger partial charge in [0.05, 0.1) is 5.56 Å². The molecule has 3 rings (SSSR count). The van der Waals surface area contributed by atoms with Crippen molar-refractivity contribution in [2.45, 2.75) is 32.2 Å². The molecule has 2 aromatic rings. The topological polar surface area (TPSA) is 54.2 Å². The maximum Gasteiger partial charge on any atom is 0.249 e. The maximum atomic E-state index is 5.55. The summed E-state index contributed by atoms with van der Waals surface area (Å²) in [4.78, 5) is 2.44. The summed E-state index contributed by atoms with van der Waals surface area (Å²) in [6.45, 7) is 3.95. The van der Waals surface area contributed by atoms with E-state index in [0.717, 1.165) is 17.8 Å². The first-order valence-corrected chi connectivity index (χ1v) is 7.57. The number of benzene rings is 1. The van der Waals surface area contributed by atoms with E-state index in [0.29, 0.717) is 17.8 Å². The maximum absolute atomic E-state index is 5.55. The number of para-hydroxylation sites is 1. The molecule has 1 saturated heterocycles. The average Bonchev–Trinajstić information content (AvgIpc) is 2.93. The predicted octanol–water partition coefficient (Wildman–Crippen LogP) is 2.94. The fourth-order valence-corrected chi connectivity index (χ4v) is 2.86. The van der Waals surface area contributed by atoms with E-state index >= 15 is 0 Å². The quantitative estimate of drug-likeness (QED) is 0.936. The van der Waals surface area contributed by atoms with Gasteiger partial charge in [0.2, 0.25) is 11.8 Å². The first-order chi connectivity index (χ1) is 10.2. The summed E-state index contributed by atoms with van der Waals surface area (Å²) in [7, 11) is 2.21. The molecule has 21 heavy (non-hydrogen) atoms. The van der Waals surface area contributed by atoms with Crippen molar-refractivity contribution in [2.75, 3.05) is 25.5 Å². The van der Waals surface area contributed by atoms with Crippen molar-refractivity contribution in [1.82, 2.24) is 15.1 Å². The number of anilines is 1. The number of likely N-dealkylation sites (tertiary alicyclic amines) is 1. The fraction of sp³-hybridized carbons (Fsp3) is 0.500. The smallest absolute Gasteiger partial charge is 0.249 e. The van der Waals surface area contributed by atoms with Crippen LogP contribution in [-0.4, -0.2) is 41.3 Å². The highest BCUT2D eigenvalue weighted by Gasteiger charge is 2.19. The van der Waals surface area contributed by atoms with Crippen LogP contribution in [0.1, 0.15) is 25.2 Å². The Kier molecular flexibility index (Phi) is 4.20. The van der Waals surface area contributed by atoms with Gasteiger partial charge in [0.15, 0.2) is 0 Å². The first kappa shape index (κ1) is 14.1. The molecule has 1 aliphatic rings. The molecular formula is C16H22N4O. The summed E-state index contributed by atoms with van der Waals surface area (Å²) in [5.41, 5.74) is 2.02. The van der Waals surface area contributed by atoms with Crippen molar-refractivity contribution in [2.24, 2.45) is 0 Å². The Morgan fingerprint density at radius 1 is 1.29 bits per heavy atom. The van der Waals surface area contributed by atoms with Gasteiger partial charge in [0.25, 0.3) is 0 Å². The van der Waals surface area contributed by atoms with Crippen molar-refractivity contribution in [3.63, 3.8) is 0 Å². The summed E-state index contributed by atoms with van der Waals surface area (Å²) in [6.07, 6.45) is 3.89. The van der Waals surface area contributed by atoms with E-state index in [1.165, 1.54) is 25.8 Å². The van der Waals surface area contributed by atoms with Crippen molar-refractivity contribution in [3.8, 4) is 11.5 Å². The van der Waals surface area contributed by atoms with E-state index in [1.807, 2.05) is 25.1 Å². The van der Waals surface area contributed by atoms with Gasteiger partial charge >= 0.3 is 0 Å². The summed E-state index contributed by atoms with van der Waals surface area (Å²) in [6, 6.07) is 8.69. The molecule has 1 unspecified atom stereocenters. The third kappa shape index (κ3) is 3.24. The molecule has 5 nitrogen and oxygen atoms in total. The van der Waals surface area contributed by atoms with Gasteiger partial charge in [0, 0.05) is 25.2 Å². The summed E-state index contributed by atoms with van der Waals surface area (Å²) >= 11 is 0. The molecule has 1 fully saturated rings. The SMILES string of the molecule is Cc1nnc(-c2ccccc2NCC2CCCCN2C)o1. The fourth-order valence-electron chi connectivity index (χ4n) is 2.86. The number of aromatic nitrogens is 2. The zero-order chi connectivity index (χ0) is 14.7. The second-order valence-corrected chi connectivity index (χ2v) is 5.68. The normalized spacial score (nSPS) is 19.6. The Bertz CT molecular complexity index is 595. The average molecular weight is 286 g/mol. The molecule has 1 atom stereocenters. The van der Waals surface area contributed by atoms with Gasteiger partial charge in [-0.3, -0.25) is 0 Å². The predicted molar refractivity (Wildman–Crippen MR) is 83.2 cm³/mol. The molecule has 0 saturated carbocycles. The Hall–Kier alpha value is -1.88. The van der Waals surface area contributed by atoms with Crippen LogP contribution in [0.5, 0.6) is 0 Å². The van der Waals surface area contributed by atoms with Crippen LogP contribution in [0.25, 0.3) is 11.5 Å². The second-order valence-electron chi connectivity index (χ2n) is 5.68. The van der Waals surface area contributed by atoms with Gasteiger partial charge in [-0.15, -0.1) is 10.2 Å². The minimum absolute atomic E-state index is 0.576. The van der Waals surface area contributed by atoms with E-state index < -0.39 is 0 Å². The van der Waals surface area contributed by atoms with Gasteiger partial charge in [-0.1, -0.05) is 18.6 Å². The lowest BCUT2D eigenvalue weighted by molar-refractivity contribution is 0.194. The van der Waals surface area contributed by atoms with Crippen LogP contribution >= 0.6 is 0 Å². The molecule has 5 heteroatoms. The van der Waals surface area contributed by atoms with E-state index in [2.05, 4.69) is 33.5 Å².